The quantitative estimate of drug-likeness (QED) is 0.723. The Kier molecular flexibility index (Phi) is 4.13. The van der Waals surface area contributed by atoms with Gasteiger partial charge in [-0.2, -0.15) is 0 Å². The summed E-state index contributed by atoms with van der Waals surface area (Å²) in [4.78, 5) is 4.26. The number of nitrogen functional groups attached to an aromatic ring is 1. The first-order valence-electron chi connectivity index (χ1n) is 5.83. The van der Waals surface area contributed by atoms with E-state index in [1.165, 1.54) is 6.42 Å². The lowest BCUT2D eigenvalue weighted by atomic mass is 10.1. The summed E-state index contributed by atoms with van der Waals surface area (Å²) < 4.78 is 5.32. The smallest absolute Gasteiger partial charge is 0.0507 e. The first-order valence-corrected chi connectivity index (χ1v) is 5.83. The highest BCUT2D eigenvalue weighted by atomic mass is 16.5. The molecule has 0 aromatic carbocycles. The highest BCUT2D eigenvalue weighted by Crippen LogP contribution is 2.10. The van der Waals surface area contributed by atoms with Gasteiger partial charge in [0.05, 0.1) is 18.5 Å². The van der Waals surface area contributed by atoms with Crippen molar-refractivity contribution < 1.29 is 4.74 Å². The molecule has 0 bridgehead atoms. The maximum atomic E-state index is 5.57. The number of hydrogen-bond acceptors (Lipinski definition) is 4. The van der Waals surface area contributed by atoms with Crippen molar-refractivity contribution >= 4 is 5.69 Å². The number of nitrogens with zero attached hydrogens (tertiary/aromatic N) is 1. The minimum Gasteiger partial charge on any atom is -0.397 e. The summed E-state index contributed by atoms with van der Waals surface area (Å²) >= 11 is 0. The summed E-state index contributed by atoms with van der Waals surface area (Å²) in [6.45, 7) is 3.85. The van der Waals surface area contributed by atoms with Crippen molar-refractivity contribution in [3.63, 3.8) is 0 Å². The third-order valence-electron chi connectivity index (χ3n) is 2.86. The Hall–Kier alpha value is -1.13. The summed E-state index contributed by atoms with van der Waals surface area (Å²) in [5.74, 6) is 0.694. The zero-order valence-corrected chi connectivity index (χ0v) is 9.48. The van der Waals surface area contributed by atoms with E-state index in [1.807, 2.05) is 12.1 Å². The fourth-order valence-electron chi connectivity index (χ4n) is 1.85. The molecule has 0 spiro atoms. The van der Waals surface area contributed by atoms with Crippen molar-refractivity contribution in [2.24, 2.45) is 5.92 Å². The summed E-state index contributed by atoms with van der Waals surface area (Å²) in [7, 11) is 0. The van der Waals surface area contributed by atoms with E-state index in [1.54, 1.807) is 6.20 Å². The molecule has 0 aliphatic carbocycles. The van der Waals surface area contributed by atoms with Crippen LogP contribution in [0.25, 0.3) is 0 Å². The molecule has 1 aliphatic rings. The molecule has 2 heterocycles. The second-order valence-electron chi connectivity index (χ2n) is 4.27. The summed E-state index contributed by atoms with van der Waals surface area (Å²) in [6.07, 6.45) is 3.85. The maximum absolute atomic E-state index is 5.57. The Morgan fingerprint density at radius 1 is 1.50 bits per heavy atom. The highest BCUT2D eigenvalue weighted by molar-refractivity contribution is 5.34. The molecule has 88 valence electrons. The van der Waals surface area contributed by atoms with Gasteiger partial charge in [0.1, 0.15) is 0 Å². The van der Waals surface area contributed by atoms with Crippen molar-refractivity contribution in [3.8, 4) is 0 Å². The van der Waals surface area contributed by atoms with Crippen LogP contribution in [0.15, 0.2) is 18.3 Å². The van der Waals surface area contributed by atoms with Gasteiger partial charge in [-0.3, -0.25) is 4.98 Å². The Morgan fingerprint density at radius 2 is 2.44 bits per heavy atom. The van der Waals surface area contributed by atoms with E-state index in [0.29, 0.717) is 5.92 Å². The van der Waals surface area contributed by atoms with E-state index in [0.717, 1.165) is 44.1 Å². The van der Waals surface area contributed by atoms with Gasteiger partial charge in [-0.1, -0.05) is 0 Å². The molecule has 1 unspecified atom stereocenters. The van der Waals surface area contributed by atoms with Crippen LogP contribution in [0, 0.1) is 5.92 Å². The third-order valence-corrected chi connectivity index (χ3v) is 2.86. The number of ether oxygens (including phenoxy) is 1. The lowest BCUT2D eigenvalue weighted by Gasteiger charge is -2.08. The van der Waals surface area contributed by atoms with Crippen LogP contribution < -0.4 is 11.1 Å². The van der Waals surface area contributed by atoms with Crippen molar-refractivity contribution in [2.75, 3.05) is 32.0 Å². The van der Waals surface area contributed by atoms with Gasteiger partial charge in [-0.25, -0.2) is 0 Å². The van der Waals surface area contributed by atoms with Crippen molar-refractivity contribution in [3.05, 3.63) is 24.0 Å². The van der Waals surface area contributed by atoms with E-state index >= 15 is 0 Å². The minimum absolute atomic E-state index is 0.694. The van der Waals surface area contributed by atoms with Crippen molar-refractivity contribution in [2.45, 2.75) is 12.8 Å². The van der Waals surface area contributed by atoms with E-state index in [2.05, 4.69) is 10.3 Å². The standard InChI is InChI=1S/C12H19N3O/c13-11-1-2-12(15-8-11)3-5-14-7-10-4-6-16-9-10/h1-2,8,10,14H,3-7,9,13H2. The molecule has 1 aliphatic heterocycles. The number of pyridine rings is 1. The number of hydrogen-bond donors (Lipinski definition) is 2. The molecule has 1 fully saturated rings. The number of nitrogens with two attached hydrogens (primary N) is 1. The van der Waals surface area contributed by atoms with E-state index in [9.17, 15) is 0 Å². The van der Waals surface area contributed by atoms with Gasteiger partial charge < -0.3 is 15.8 Å². The Labute approximate surface area is 96.2 Å². The number of rotatable bonds is 5. The number of nitrogens with one attached hydrogen (secondary N) is 1. The van der Waals surface area contributed by atoms with Crippen LogP contribution in [0.4, 0.5) is 5.69 Å². The molecule has 0 amide bonds. The molecule has 1 saturated heterocycles. The fraction of sp³-hybridized carbons (Fsp3) is 0.583. The van der Waals surface area contributed by atoms with Crippen LogP contribution in [-0.2, 0) is 11.2 Å². The molecule has 0 saturated carbocycles. The minimum atomic E-state index is 0.694. The summed E-state index contributed by atoms with van der Waals surface area (Å²) in [5.41, 5.74) is 7.38. The average molecular weight is 221 g/mol. The molecule has 2 rings (SSSR count). The summed E-state index contributed by atoms with van der Waals surface area (Å²) in [6, 6.07) is 3.88. The largest absolute Gasteiger partial charge is 0.397 e. The molecule has 4 nitrogen and oxygen atoms in total. The molecule has 1 aromatic rings. The average Bonchev–Trinajstić information content (AvgIpc) is 2.80. The van der Waals surface area contributed by atoms with Gasteiger partial charge >= 0.3 is 0 Å². The maximum Gasteiger partial charge on any atom is 0.0507 e. The normalized spacial score (nSPS) is 20.1. The Morgan fingerprint density at radius 3 is 3.12 bits per heavy atom. The first kappa shape index (κ1) is 11.4. The zero-order valence-electron chi connectivity index (χ0n) is 9.48. The fourth-order valence-corrected chi connectivity index (χ4v) is 1.85. The number of anilines is 1. The Bertz CT molecular complexity index is 307. The van der Waals surface area contributed by atoms with Crippen LogP contribution in [-0.4, -0.2) is 31.3 Å². The SMILES string of the molecule is Nc1ccc(CCNCC2CCOC2)nc1. The van der Waals surface area contributed by atoms with Crippen LogP contribution in [0.3, 0.4) is 0 Å². The molecule has 0 radical (unpaired) electrons. The lowest BCUT2D eigenvalue weighted by molar-refractivity contribution is 0.185. The van der Waals surface area contributed by atoms with Crippen molar-refractivity contribution in [1.29, 1.82) is 0 Å². The van der Waals surface area contributed by atoms with Crippen LogP contribution in [0.2, 0.25) is 0 Å². The van der Waals surface area contributed by atoms with E-state index < -0.39 is 0 Å². The van der Waals surface area contributed by atoms with Crippen molar-refractivity contribution in [1.82, 2.24) is 10.3 Å². The van der Waals surface area contributed by atoms with E-state index in [4.69, 9.17) is 10.5 Å². The molecular weight excluding hydrogens is 202 g/mol. The lowest BCUT2D eigenvalue weighted by Crippen LogP contribution is -2.25. The molecule has 1 atom stereocenters. The highest BCUT2D eigenvalue weighted by Gasteiger charge is 2.14. The first-order chi connectivity index (χ1) is 7.84. The predicted octanol–water partition coefficient (Wildman–Crippen LogP) is 0.832. The van der Waals surface area contributed by atoms with Gasteiger partial charge in [-0.05, 0) is 24.5 Å². The van der Waals surface area contributed by atoms with Gasteiger partial charge in [0.25, 0.3) is 0 Å². The van der Waals surface area contributed by atoms with Crippen LogP contribution in [0.5, 0.6) is 0 Å². The number of aromatic nitrogens is 1. The van der Waals surface area contributed by atoms with Gasteiger partial charge in [-0.15, -0.1) is 0 Å². The van der Waals surface area contributed by atoms with Crippen LogP contribution >= 0.6 is 0 Å². The van der Waals surface area contributed by atoms with Crippen LogP contribution in [0.1, 0.15) is 12.1 Å². The molecule has 16 heavy (non-hydrogen) atoms. The molecule has 1 aromatic heterocycles. The van der Waals surface area contributed by atoms with Gasteiger partial charge in [0.15, 0.2) is 0 Å². The third kappa shape index (κ3) is 3.47. The Balaban J connectivity index is 1.62. The monoisotopic (exact) mass is 221 g/mol. The van der Waals surface area contributed by atoms with E-state index in [-0.39, 0.29) is 0 Å². The summed E-state index contributed by atoms with van der Waals surface area (Å²) in [5, 5.41) is 3.44. The van der Waals surface area contributed by atoms with Gasteiger partial charge in [0.2, 0.25) is 0 Å². The molecule has 4 heteroatoms. The predicted molar refractivity (Wildman–Crippen MR) is 64.1 cm³/mol. The molecular formula is C12H19N3O. The second-order valence-corrected chi connectivity index (χ2v) is 4.27. The second kappa shape index (κ2) is 5.82. The molecule has 3 N–H and O–H groups in total. The zero-order chi connectivity index (χ0) is 11.2. The van der Waals surface area contributed by atoms with Gasteiger partial charge in [0, 0.05) is 31.8 Å². The topological polar surface area (TPSA) is 60.2 Å².